The van der Waals surface area contributed by atoms with Gasteiger partial charge in [0.1, 0.15) is 29.6 Å². The molecule has 3 aromatic heterocycles. The number of ether oxygens (including phenoxy) is 2. The summed E-state index contributed by atoms with van der Waals surface area (Å²) in [5, 5.41) is 8.92. The molecule has 2 aliphatic rings. The molecule has 200 valence electrons. The number of imidazole rings is 1. The van der Waals surface area contributed by atoms with Crippen LogP contribution in [0.1, 0.15) is 29.1 Å². The second kappa shape index (κ2) is 11.0. The van der Waals surface area contributed by atoms with E-state index in [1.54, 1.807) is 18.2 Å². The predicted octanol–water partition coefficient (Wildman–Crippen LogP) is 3.84. The van der Waals surface area contributed by atoms with Crippen LogP contribution in [0.25, 0.3) is 11.2 Å². The smallest absolute Gasteiger partial charge is 0.215 e. The van der Waals surface area contributed by atoms with Gasteiger partial charge in [-0.3, -0.25) is 4.90 Å². The monoisotopic (exact) mass is 527 g/mol. The molecule has 0 radical (unpaired) electrons. The van der Waals surface area contributed by atoms with Gasteiger partial charge in [-0.05, 0) is 43.7 Å². The molecule has 10 heteroatoms. The standard InChI is InChI=1S/C29H30FN7O2/c1-20-5-8-25-29(32-20)37(17-23-9-14-38-23)27(33-25)18-35-10-12-36(13-11-35)26-3-2-4-28(34-26)39-19-22-7-6-21(16-31)15-24(22)30/h2-8,15,23H,9-14,17-19H2,1H3. The van der Waals surface area contributed by atoms with Gasteiger partial charge in [0.15, 0.2) is 5.65 Å². The van der Waals surface area contributed by atoms with Crippen molar-refractivity contribution >= 4 is 17.0 Å². The zero-order valence-electron chi connectivity index (χ0n) is 21.9. The van der Waals surface area contributed by atoms with Gasteiger partial charge in [-0.25, -0.2) is 14.4 Å². The number of halogens is 1. The molecule has 1 atom stereocenters. The highest BCUT2D eigenvalue weighted by atomic mass is 19.1. The first-order chi connectivity index (χ1) is 19.1. The minimum atomic E-state index is -0.457. The third-order valence-electron chi connectivity index (χ3n) is 7.32. The highest BCUT2D eigenvalue weighted by Crippen LogP contribution is 2.23. The number of anilines is 1. The zero-order chi connectivity index (χ0) is 26.8. The first kappa shape index (κ1) is 25.2. The van der Waals surface area contributed by atoms with E-state index in [2.05, 4.69) is 19.4 Å². The normalized spacial score (nSPS) is 17.7. The summed E-state index contributed by atoms with van der Waals surface area (Å²) >= 11 is 0. The molecule has 0 aliphatic carbocycles. The van der Waals surface area contributed by atoms with Crippen LogP contribution in [0.2, 0.25) is 0 Å². The molecule has 6 rings (SSSR count). The largest absolute Gasteiger partial charge is 0.473 e. The summed E-state index contributed by atoms with van der Waals surface area (Å²) in [5.41, 5.74) is 3.51. The van der Waals surface area contributed by atoms with E-state index in [-0.39, 0.29) is 18.3 Å². The minimum absolute atomic E-state index is 0.0447. The molecule has 0 spiro atoms. The summed E-state index contributed by atoms with van der Waals surface area (Å²) in [6.45, 7) is 7.81. The Morgan fingerprint density at radius 3 is 2.67 bits per heavy atom. The lowest BCUT2D eigenvalue weighted by Gasteiger charge is -2.35. The summed E-state index contributed by atoms with van der Waals surface area (Å²) < 4.78 is 27.9. The Morgan fingerprint density at radius 2 is 1.92 bits per heavy atom. The highest BCUT2D eigenvalue weighted by molar-refractivity contribution is 5.71. The van der Waals surface area contributed by atoms with E-state index in [4.69, 9.17) is 24.7 Å². The average molecular weight is 528 g/mol. The molecule has 1 unspecified atom stereocenters. The fraction of sp³-hybridized carbons (Fsp3) is 0.379. The van der Waals surface area contributed by atoms with E-state index < -0.39 is 5.82 Å². The SMILES string of the molecule is Cc1ccc2nc(CN3CCN(c4cccc(OCc5ccc(C#N)cc5F)n4)CC3)n(CC3CCO3)c2n1. The first-order valence-electron chi connectivity index (χ1n) is 13.3. The number of fused-ring (bicyclic) bond motifs is 1. The van der Waals surface area contributed by atoms with Gasteiger partial charge >= 0.3 is 0 Å². The fourth-order valence-electron chi connectivity index (χ4n) is 4.97. The van der Waals surface area contributed by atoms with E-state index in [9.17, 15) is 4.39 Å². The maximum Gasteiger partial charge on any atom is 0.215 e. The number of hydrogen-bond acceptors (Lipinski definition) is 8. The van der Waals surface area contributed by atoms with Crippen molar-refractivity contribution in [3.63, 3.8) is 0 Å². The van der Waals surface area contributed by atoms with Crippen molar-refractivity contribution in [2.75, 3.05) is 37.7 Å². The van der Waals surface area contributed by atoms with Gasteiger partial charge in [0.2, 0.25) is 5.88 Å². The van der Waals surface area contributed by atoms with Crippen LogP contribution in [-0.4, -0.2) is 63.3 Å². The second-order valence-electron chi connectivity index (χ2n) is 10.0. The molecule has 9 nitrogen and oxygen atoms in total. The molecule has 0 N–H and O–H groups in total. The Labute approximate surface area is 226 Å². The van der Waals surface area contributed by atoms with Gasteiger partial charge in [0, 0.05) is 50.1 Å². The molecular formula is C29H30FN7O2. The number of hydrogen-bond donors (Lipinski definition) is 0. The van der Waals surface area contributed by atoms with Gasteiger partial charge in [-0.2, -0.15) is 10.2 Å². The number of benzene rings is 1. The third kappa shape index (κ3) is 5.55. The van der Waals surface area contributed by atoms with Crippen LogP contribution >= 0.6 is 0 Å². The maximum absolute atomic E-state index is 14.2. The predicted molar refractivity (Wildman–Crippen MR) is 144 cm³/mol. The number of rotatable bonds is 8. The summed E-state index contributed by atoms with van der Waals surface area (Å²) in [5.74, 6) is 1.84. The quantitative estimate of drug-likeness (QED) is 0.341. The lowest BCUT2D eigenvalue weighted by Crippen LogP contribution is -2.46. The molecule has 0 saturated carbocycles. The maximum atomic E-state index is 14.2. The number of aromatic nitrogens is 4. The van der Waals surface area contributed by atoms with Crippen molar-refractivity contribution in [3.05, 3.63) is 77.0 Å². The summed E-state index contributed by atoms with van der Waals surface area (Å²) in [6, 6.07) is 16.0. The number of piperazine rings is 1. The van der Waals surface area contributed by atoms with Crippen LogP contribution in [0.4, 0.5) is 10.2 Å². The molecule has 0 amide bonds. The summed E-state index contributed by atoms with van der Waals surface area (Å²) in [7, 11) is 0. The molecule has 39 heavy (non-hydrogen) atoms. The number of nitriles is 1. The number of pyridine rings is 2. The topological polar surface area (TPSA) is 92.3 Å². The van der Waals surface area contributed by atoms with Crippen molar-refractivity contribution in [3.8, 4) is 11.9 Å². The van der Waals surface area contributed by atoms with Crippen LogP contribution in [0.3, 0.4) is 0 Å². The first-order valence-corrected chi connectivity index (χ1v) is 13.3. The molecule has 5 heterocycles. The Balaban J connectivity index is 1.09. The van der Waals surface area contributed by atoms with Crippen LogP contribution < -0.4 is 9.64 Å². The highest BCUT2D eigenvalue weighted by Gasteiger charge is 2.25. The minimum Gasteiger partial charge on any atom is -0.473 e. The van der Waals surface area contributed by atoms with E-state index in [1.807, 2.05) is 37.3 Å². The second-order valence-corrected chi connectivity index (χ2v) is 10.0. The van der Waals surface area contributed by atoms with E-state index in [0.29, 0.717) is 11.4 Å². The van der Waals surface area contributed by atoms with Gasteiger partial charge in [0.25, 0.3) is 0 Å². The van der Waals surface area contributed by atoms with Gasteiger partial charge < -0.3 is 18.9 Å². The lowest BCUT2D eigenvalue weighted by atomic mass is 10.1. The molecular weight excluding hydrogens is 497 g/mol. The molecule has 2 aliphatic heterocycles. The zero-order valence-corrected chi connectivity index (χ0v) is 21.9. The summed E-state index contributed by atoms with van der Waals surface area (Å²) in [4.78, 5) is 19.0. The van der Waals surface area contributed by atoms with Crippen molar-refractivity contribution in [2.45, 2.75) is 39.1 Å². The van der Waals surface area contributed by atoms with Gasteiger partial charge in [-0.1, -0.05) is 12.1 Å². The molecule has 2 fully saturated rings. The van der Waals surface area contributed by atoms with Crippen molar-refractivity contribution in [1.82, 2.24) is 24.4 Å². The molecule has 1 aromatic carbocycles. The Bertz CT molecular complexity index is 1520. The van der Waals surface area contributed by atoms with E-state index in [1.165, 1.54) is 6.07 Å². The van der Waals surface area contributed by atoms with E-state index in [0.717, 1.165) is 80.8 Å². The number of nitrogens with zero attached hydrogens (tertiary/aromatic N) is 7. The Kier molecular flexibility index (Phi) is 7.09. The molecule has 4 aromatic rings. The Morgan fingerprint density at radius 1 is 1.08 bits per heavy atom. The molecule has 0 bridgehead atoms. The third-order valence-corrected chi connectivity index (χ3v) is 7.32. The van der Waals surface area contributed by atoms with Crippen LogP contribution in [0.5, 0.6) is 5.88 Å². The van der Waals surface area contributed by atoms with Crippen molar-refractivity contribution in [1.29, 1.82) is 5.26 Å². The fourth-order valence-corrected chi connectivity index (χ4v) is 4.97. The van der Waals surface area contributed by atoms with Crippen LogP contribution in [0, 0.1) is 24.1 Å². The van der Waals surface area contributed by atoms with Crippen molar-refractivity contribution < 1.29 is 13.9 Å². The van der Waals surface area contributed by atoms with E-state index >= 15 is 0 Å². The number of aryl methyl sites for hydroxylation is 1. The Hall–Kier alpha value is -4.07. The van der Waals surface area contributed by atoms with Crippen LogP contribution in [0.15, 0.2) is 48.5 Å². The van der Waals surface area contributed by atoms with Gasteiger partial charge in [0.05, 0.1) is 30.8 Å². The van der Waals surface area contributed by atoms with Crippen molar-refractivity contribution in [2.24, 2.45) is 0 Å². The van der Waals surface area contributed by atoms with Crippen LogP contribution in [-0.2, 0) is 24.4 Å². The summed E-state index contributed by atoms with van der Waals surface area (Å²) in [6.07, 6.45) is 1.30. The average Bonchev–Trinajstić information content (AvgIpc) is 3.26. The van der Waals surface area contributed by atoms with Gasteiger partial charge in [-0.15, -0.1) is 0 Å². The molecule has 2 saturated heterocycles. The lowest BCUT2D eigenvalue weighted by molar-refractivity contribution is -0.0592.